The zero-order chi connectivity index (χ0) is 9.73. The molecular formula is C7H16NO3PS. The van der Waals surface area contributed by atoms with Gasteiger partial charge in [0.1, 0.15) is 6.23 Å². The molecule has 1 aliphatic heterocycles. The molecular weight excluding hydrogens is 209 g/mol. The molecule has 1 atom stereocenters. The number of rotatable bonds is 4. The van der Waals surface area contributed by atoms with E-state index in [-0.39, 0.29) is 6.23 Å². The van der Waals surface area contributed by atoms with Gasteiger partial charge in [0.25, 0.3) is 6.64 Å². The Morgan fingerprint density at radius 1 is 1.38 bits per heavy atom. The predicted octanol–water partition coefficient (Wildman–Crippen LogP) is 1.62. The van der Waals surface area contributed by atoms with Gasteiger partial charge in [-0.3, -0.25) is 0 Å². The van der Waals surface area contributed by atoms with E-state index in [4.69, 9.17) is 25.6 Å². The van der Waals surface area contributed by atoms with Crippen molar-refractivity contribution in [1.29, 1.82) is 0 Å². The summed E-state index contributed by atoms with van der Waals surface area (Å²) < 4.78 is 15.7. The van der Waals surface area contributed by atoms with Crippen LogP contribution in [0.5, 0.6) is 0 Å². The Labute approximate surface area is 84.2 Å². The normalized spacial score (nSPS) is 24.6. The van der Waals surface area contributed by atoms with Crippen molar-refractivity contribution in [2.45, 2.75) is 25.5 Å². The number of ether oxygens (including phenoxy) is 1. The zero-order valence-corrected chi connectivity index (χ0v) is 9.70. The summed E-state index contributed by atoms with van der Waals surface area (Å²) in [5, 5.41) is 3.09. The molecule has 4 nitrogen and oxygen atoms in total. The van der Waals surface area contributed by atoms with Crippen LogP contribution in [0.4, 0.5) is 0 Å². The van der Waals surface area contributed by atoms with Crippen molar-refractivity contribution in [3.05, 3.63) is 0 Å². The van der Waals surface area contributed by atoms with Crippen LogP contribution in [0.3, 0.4) is 0 Å². The number of hydrogen-bond donors (Lipinski definition) is 1. The molecule has 0 aliphatic carbocycles. The summed E-state index contributed by atoms with van der Waals surface area (Å²) in [6, 6.07) is 0. The van der Waals surface area contributed by atoms with E-state index >= 15 is 0 Å². The first-order chi connectivity index (χ1) is 6.20. The summed E-state index contributed by atoms with van der Waals surface area (Å²) in [5.74, 6) is 0. The third-order valence-corrected chi connectivity index (χ3v) is 4.74. The van der Waals surface area contributed by atoms with Crippen LogP contribution < -0.4 is 5.09 Å². The van der Waals surface area contributed by atoms with Crippen LogP contribution in [-0.2, 0) is 25.6 Å². The molecule has 0 aromatic rings. The van der Waals surface area contributed by atoms with Gasteiger partial charge in [-0.05, 0) is 31.1 Å². The summed E-state index contributed by atoms with van der Waals surface area (Å²) >= 11 is 5.16. The highest BCUT2D eigenvalue weighted by atomic mass is 32.5. The Kier molecular flexibility index (Phi) is 4.80. The van der Waals surface area contributed by atoms with Crippen molar-refractivity contribution in [2.24, 2.45) is 0 Å². The van der Waals surface area contributed by atoms with Gasteiger partial charge < -0.3 is 13.8 Å². The molecule has 1 heterocycles. The summed E-state index contributed by atoms with van der Waals surface area (Å²) in [5.41, 5.74) is 0. The van der Waals surface area contributed by atoms with Gasteiger partial charge in [-0.2, -0.15) is 0 Å². The quantitative estimate of drug-likeness (QED) is 0.736. The van der Waals surface area contributed by atoms with E-state index in [0.717, 1.165) is 19.4 Å². The largest absolute Gasteiger partial charge is 0.363 e. The van der Waals surface area contributed by atoms with Crippen molar-refractivity contribution < 1.29 is 13.8 Å². The van der Waals surface area contributed by atoms with Crippen molar-refractivity contribution in [1.82, 2.24) is 5.09 Å². The maximum Gasteiger partial charge on any atom is 0.262 e. The first-order valence-corrected chi connectivity index (χ1v) is 6.95. The van der Waals surface area contributed by atoms with Crippen LogP contribution in [0.2, 0.25) is 0 Å². The Morgan fingerprint density at radius 3 is 2.54 bits per heavy atom. The monoisotopic (exact) mass is 225 g/mol. The molecule has 0 bridgehead atoms. The van der Waals surface area contributed by atoms with Gasteiger partial charge >= 0.3 is 0 Å². The highest BCUT2D eigenvalue weighted by Crippen LogP contribution is 2.43. The summed E-state index contributed by atoms with van der Waals surface area (Å²) in [4.78, 5) is 0. The van der Waals surface area contributed by atoms with Gasteiger partial charge in [0.15, 0.2) is 0 Å². The minimum atomic E-state index is -2.29. The Hall–Kier alpha value is 0.490. The zero-order valence-electron chi connectivity index (χ0n) is 7.99. The summed E-state index contributed by atoms with van der Waals surface area (Å²) in [6.07, 6.45) is 3.27. The number of nitrogens with one attached hydrogen (secondary N) is 1. The molecule has 0 aromatic heterocycles. The average Bonchev–Trinajstić information content (AvgIpc) is 2.19. The fourth-order valence-corrected chi connectivity index (χ4v) is 2.47. The standard InChI is InChI=1S/C7H16NO3PS/c1-9-12(13,10-2)8-7-5-3-4-6-11-7/h7H,3-6H2,1-2H3,(H,8,13). The van der Waals surface area contributed by atoms with Crippen LogP contribution in [-0.4, -0.2) is 27.1 Å². The smallest absolute Gasteiger partial charge is 0.262 e. The minimum absolute atomic E-state index is 0.000478. The molecule has 0 amide bonds. The lowest BCUT2D eigenvalue weighted by Gasteiger charge is -2.28. The first kappa shape index (κ1) is 11.6. The maximum absolute atomic E-state index is 5.47. The Morgan fingerprint density at radius 2 is 2.08 bits per heavy atom. The van der Waals surface area contributed by atoms with Crippen LogP contribution in [0.15, 0.2) is 0 Å². The third-order valence-electron chi connectivity index (χ3n) is 1.96. The lowest BCUT2D eigenvalue weighted by Crippen LogP contribution is -2.33. The maximum atomic E-state index is 5.47. The molecule has 6 heteroatoms. The van der Waals surface area contributed by atoms with E-state index in [1.807, 2.05) is 0 Å². The van der Waals surface area contributed by atoms with Crippen LogP contribution in [0.1, 0.15) is 19.3 Å². The Balaban J connectivity index is 2.40. The SMILES string of the molecule is COP(=S)(NC1CCCCO1)OC. The molecule has 0 spiro atoms. The summed E-state index contributed by atoms with van der Waals surface area (Å²) in [7, 11) is 3.11. The topological polar surface area (TPSA) is 39.7 Å². The van der Waals surface area contributed by atoms with Crippen LogP contribution in [0.25, 0.3) is 0 Å². The van der Waals surface area contributed by atoms with E-state index in [1.165, 1.54) is 6.42 Å². The van der Waals surface area contributed by atoms with E-state index in [1.54, 1.807) is 14.2 Å². The second-order valence-electron chi connectivity index (χ2n) is 2.85. The van der Waals surface area contributed by atoms with E-state index in [0.29, 0.717) is 0 Å². The molecule has 1 N–H and O–H groups in total. The van der Waals surface area contributed by atoms with Gasteiger partial charge in [-0.25, -0.2) is 5.09 Å². The highest BCUT2D eigenvalue weighted by molar-refractivity contribution is 8.08. The molecule has 1 saturated heterocycles. The number of hydrogen-bond acceptors (Lipinski definition) is 4. The van der Waals surface area contributed by atoms with Gasteiger partial charge in [0.05, 0.1) is 0 Å². The van der Waals surface area contributed by atoms with E-state index in [9.17, 15) is 0 Å². The van der Waals surface area contributed by atoms with Crippen molar-refractivity contribution in [3.63, 3.8) is 0 Å². The Bertz CT molecular complexity index is 188. The molecule has 1 aliphatic rings. The molecule has 0 aromatic carbocycles. The van der Waals surface area contributed by atoms with E-state index < -0.39 is 6.64 Å². The molecule has 0 saturated carbocycles. The summed E-state index contributed by atoms with van der Waals surface area (Å²) in [6.45, 7) is -1.50. The first-order valence-electron chi connectivity index (χ1n) is 4.31. The molecule has 1 fully saturated rings. The van der Waals surface area contributed by atoms with Gasteiger partial charge in [-0.15, -0.1) is 0 Å². The molecule has 78 valence electrons. The van der Waals surface area contributed by atoms with Crippen molar-refractivity contribution >= 4 is 18.4 Å². The molecule has 13 heavy (non-hydrogen) atoms. The van der Waals surface area contributed by atoms with Gasteiger partial charge in [0, 0.05) is 20.8 Å². The second-order valence-corrected chi connectivity index (χ2v) is 6.27. The lowest BCUT2D eigenvalue weighted by molar-refractivity contribution is 0.00617. The van der Waals surface area contributed by atoms with Crippen LogP contribution in [0, 0.1) is 0 Å². The predicted molar refractivity (Wildman–Crippen MR) is 55.0 cm³/mol. The molecule has 1 rings (SSSR count). The second kappa shape index (κ2) is 5.39. The van der Waals surface area contributed by atoms with Gasteiger partial charge in [0.2, 0.25) is 0 Å². The van der Waals surface area contributed by atoms with Crippen LogP contribution >= 0.6 is 6.64 Å². The fourth-order valence-electron chi connectivity index (χ4n) is 1.20. The third kappa shape index (κ3) is 3.62. The van der Waals surface area contributed by atoms with Crippen molar-refractivity contribution in [2.75, 3.05) is 20.8 Å². The molecule has 0 radical (unpaired) electrons. The van der Waals surface area contributed by atoms with Crippen molar-refractivity contribution in [3.8, 4) is 0 Å². The fraction of sp³-hybridized carbons (Fsp3) is 1.00. The van der Waals surface area contributed by atoms with Gasteiger partial charge in [-0.1, -0.05) is 0 Å². The highest BCUT2D eigenvalue weighted by Gasteiger charge is 2.22. The van der Waals surface area contributed by atoms with E-state index in [2.05, 4.69) is 5.09 Å². The molecule has 1 unspecified atom stereocenters. The lowest BCUT2D eigenvalue weighted by atomic mass is 10.2. The minimum Gasteiger partial charge on any atom is -0.363 e. The average molecular weight is 225 g/mol.